The molecule has 0 saturated carbocycles. The lowest BCUT2D eigenvalue weighted by Crippen LogP contribution is -2.22. The monoisotopic (exact) mass is 885 g/mol. The molecule has 8 rings (SSSR count). The lowest BCUT2D eigenvalue weighted by atomic mass is 9.78. The summed E-state index contributed by atoms with van der Waals surface area (Å²) >= 11 is 0. The van der Waals surface area contributed by atoms with Gasteiger partial charge in [0.1, 0.15) is 5.75 Å². The molecule has 0 fully saturated rings. The van der Waals surface area contributed by atoms with Gasteiger partial charge in [0, 0.05) is 61.2 Å². The molecule has 0 saturated heterocycles. The van der Waals surface area contributed by atoms with Crippen LogP contribution in [0.5, 0.6) is 5.75 Å². The second-order valence-corrected chi connectivity index (χ2v) is 20.5. The first-order chi connectivity index (χ1) is 32.1. The lowest BCUT2D eigenvalue weighted by Gasteiger charge is -2.28. The van der Waals surface area contributed by atoms with Crippen LogP contribution in [0.25, 0.3) is 11.1 Å². The molecule has 4 heteroatoms. The second-order valence-electron chi connectivity index (χ2n) is 20.5. The number of phenols is 1. The average molecular weight is 885 g/mol. The number of phenolic OH excluding ortho intramolecular Hbond substituents is 1. The third-order valence-corrected chi connectivity index (χ3v) is 13.5. The minimum atomic E-state index is -0.207. The Morgan fingerprint density at radius 1 is 0.522 bits per heavy atom. The van der Waals surface area contributed by atoms with E-state index in [4.69, 9.17) is 0 Å². The number of para-hydroxylation sites is 1. The standard InChI is InChI=1S/C63H69N3O/c1-11-64(42-46-26-22-44(3)23-27-46)52-34-30-49(31-35-52)58(50-32-36-53(37-33-50)65(12-2)43-47-28-24-45(4)25-29-47)59-54-20-16-17-21-57(54)66(60(59)51-18-14-13-15-19-51)39-38-48-40-55(62(5,6)7)61(67)56(41-48)63(8,9)10/h13-37,40-41H,11-12,38-39,42-43H2,1-10H3/p+1. The fraction of sp³-hybridized carbons (Fsp3) is 0.286. The largest absolute Gasteiger partial charge is 0.507 e. The number of allylic oxidation sites excluding steroid dienone is 1. The Kier molecular flexibility index (Phi) is 13.8. The molecular weight excluding hydrogens is 815 g/mol. The Balaban J connectivity index is 1.30. The van der Waals surface area contributed by atoms with E-state index in [0.29, 0.717) is 5.75 Å². The average Bonchev–Trinajstić information content (AvgIpc) is 3.64. The zero-order valence-electron chi connectivity index (χ0n) is 41.6. The molecule has 0 aliphatic carbocycles. The zero-order valence-corrected chi connectivity index (χ0v) is 41.6. The topological polar surface area (TPSA) is 29.7 Å². The molecule has 7 aromatic carbocycles. The number of nitrogens with zero attached hydrogens (tertiary/aromatic N) is 3. The molecular formula is C63H70N3O+. The first kappa shape index (κ1) is 46.9. The lowest BCUT2D eigenvalue weighted by molar-refractivity contribution is -0.435. The van der Waals surface area contributed by atoms with E-state index in [1.807, 2.05) is 0 Å². The van der Waals surface area contributed by atoms with Gasteiger partial charge in [-0.2, -0.15) is 4.58 Å². The van der Waals surface area contributed by atoms with Gasteiger partial charge < -0.3 is 14.9 Å². The number of aromatic hydroxyl groups is 1. The molecule has 0 unspecified atom stereocenters. The van der Waals surface area contributed by atoms with E-state index in [1.165, 1.54) is 84.0 Å². The maximum atomic E-state index is 11.6. The van der Waals surface area contributed by atoms with E-state index >= 15 is 0 Å². The molecule has 1 N–H and O–H groups in total. The van der Waals surface area contributed by atoms with E-state index in [2.05, 4.69) is 247 Å². The Hall–Kier alpha value is -6.65. The summed E-state index contributed by atoms with van der Waals surface area (Å²) < 4.78 is 2.56. The molecule has 1 aliphatic heterocycles. The highest BCUT2D eigenvalue weighted by molar-refractivity contribution is 6.38. The van der Waals surface area contributed by atoms with Gasteiger partial charge in [0.2, 0.25) is 11.4 Å². The maximum Gasteiger partial charge on any atom is 0.221 e. The van der Waals surface area contributed by atoms with Gasteiger partial charge in [-0.1, -0.05) is 168 Å². The maximum absolute atomic E-state index is 11.6. The molecule has 0 bridgehead atoms. The van der Waals surface area contributed by atoms with Crippen LogP contribution in [0.15, 0.2) is 164 Å². The normalized spacial score (nSPS) is 12.7. The summed E-state index contributed by atoms with van der Waals surface area (Å²) in [5, 5.41) is 11.6. The van der Waals surface area contributed by atoms with E-state index in [1.54, 1.807) is 0 Å². The third-order valence-electron chi connectivity index (χ3n) is 13.5. The van der Waals surface area contributed by atoms with Gasteiger partial charge >= 0.3 is 0 Å². The second kappa shape index (κ2) is 19.7. The molecule has 0 spiro atoms. The van der Waals surface area contributed by atoms with Crippen molar-refractivity contribution in [3.63, 3.8) is 0 Å². The van der Waals surface area contributed by atoms with Crippen LogP contribution in [0.1, 0.15) is 117 Å². The summed E-state index contributed by atoms with van der Waals surface area (Å²) in [5.41, 5.74) is 20.0. The van der Waals surface area contributed by atoms with Gasteiger partial charge in [-0.3, -0.25) is 0 Å². The third kappa shape index (κ3) is 10.3. The highest BCUT2D eigenvalue weighted by Crippen LogP contribution is 2.45. The van der Waals surface area contributed by atoms with E-state index < -0.39 is 0 Å². The number of hydrogen-bond donors (Lipinski definition) is 1. The summed E-state index contributed by atoms with van der Waals surface area (Å²) in [6, 6.07) is 60.9. The Morgan fingerprint density at radius 3 is 1.42 bits per heavy atom. The van der Waals surface area contributed by atoms with E-state index in [9.17, 15) is 5.11 Å². The summed E-state index contributed by atoms with van der Waals surface area (Å²) in [7, 11) is 0. The first-order valence-corrected chi connectivity index (χ1v) is 24.4. The number of fused-ring (bicyclic) bond motifs is 1. The van der Waals surface area contributed by atoms with Crippen LogP contribution in [-0.2, 0) is 30.3 Å². The predicted octanol–water partition coefficient (Wildman–Crippen LogP) is 15.0. The van der Waals surface area contributed by atoms with Crippen molar-refractivity contribution < 1.29 is 9.68 Å². The molecule has 342 valence electrons. The molecule has 0 aromatic heterocycles. The molecule has 0 radical (unpaired) electrons. The zero-order chi connectivity index (χ0) is 47.5. The molecule has 7 aromatic rings. The van der Waals surface area contributed by atoms with Gasteiger partial charge in [0.05, 0.1) is 11.1 Å². The fourth-order valence-corrected chi connectivity index (χ4v) is 9.64. The minimum Gasteiger partial charge on any atom is -0.507 e. The minimum absolute atomic E-state index is 0.207. The van der Waals surface area contributed by atoms with Crippen molar-refractivity contribution in [2.75, 3.05) is 29.4 Å². The fourth-order valence-electron chi connectivity index (χ4n) is 9.64. The molecule has 67 heavy (non-hydrogen) atoms. The van der Waals surface area contributed by atoms with E-state index in [-0.39, 0.29) is 10.8 Å². The molecule has 0 amide bonds. The van der Waals surface area contributed by atoms with Crippen LogP contribution in [0.3, 0.4) is 0 Å². The predicted molar refractivity (Wildman–Crippen MR) is 286 cm³/mol. The molecule has 4 nitrogen and oxygen atoms in total. The molecule has 1 aliphatic rings. The number of anilines is 2. The van der Waals surface area contributed by atoms with E-state index in [0.717, 1.165) is 50.3 Å². The number of hydrogen-bond acceptors (Lipinski definition) is 3. The first-order valence-electron chi connectivity index (χ1n) is 24.4. The molecule has 0 atom stereocenters. The van der Waals surface area contributed by atoms with Crippen molar-refractivity contribution in [1.29, 1.82) is 0 Å². The smallest absolute Gasteiger partial charge is 0.221 e. The van der Waals surface area contributed by atoms with Crippen molar-refractivity contribution in [3.05, 3.63) is 225 Å². The summed E-state index contributed by atoms with van der Waals surface area (Å²) in [6.07, 6.45) is 0.810. The summed E-state index contributed by atoms with van der Waals surface area (Å²) in [6.45, 7) is 26.2. The van der Waals surface area contributed by atoms with Crippen LogP contribution < -0.4 is 9.80 Å². The van der Waals surface area contributed by atoms with Crippen LogP contribution in [0.4, 0.5) is 17.1 Å². The highest BCUT2D eigenvalue weighted by atomic mass is 16.3. The quantitative estimate of drug-likeness (QED) is 0.110. The van der Waals surface area contributed by atoms with Crippen molar-refractivity contribution in [2.45, 2.75) is 99.6 Å². The van der Waals surface area contributed by atoms with Crippen molar-refractivity contribution in [3.8, 4) is 5.75 Å². The van der Waals surface area contributed by atoms with Gasteiger partial charge in [0.15, 0.2) is 6.54 Å². The molecule has 1 heterocycles. The van der Waals surface area contributed by atoms with Crippen LogP contribution in [0, 0.1) is 13.8 Å². The highest BCUT2D eigenvalue weighted by Gasteiger charge is 2.38. The summed E-state index contributed by atoms with van der Waals surface area (Å²) in [5.74, 6) is 0.424. The van der Waals surface area contributed by atoms with Gasteiger partial charge in [-0.25, -0.2) is 0 Å². The van der Waals surface area contributed by atoms with Gasteiger partial charge in [-0.15, -0.1) is 0 Å². The van der Waals surface area contributed by atoms with Crippen molar-refractivity contribution in [1.82, 2.24) is 0 Å². The SMILES string of the molecule is CCN(Cc1ccc(C)cc1)c1ccc(C(=C2C(c3ccccc3)=[N+](CCc3cc(C(C)(C)C)c(O)c(C(C)(C)C)c3)c3ccccc32)c2ccc(N(CC)Cc3ccc(C)cc3)cc2)cc1. The van der Waals surface area contributed by atoms with Crippen LogP contribution >= 0.6 is 0 Å². The number of benzene rings is 7. The van der Waals surface area contributed by atoms with Crippen LogP contribution in [-0.4, -0.2) is 35.0 Å². The summed E-state index contributed by atoms with van der Waals surface area (Å²) in [4.78, 5) is 4.91. The Bertz CT molecular complexity index is 2740. The number of aryl methyl sites for hydroxylation is 2. The van der Waals surface area contributed by atoms with Crippen molar-refractivity contribution in [2.24, 2.45) is 0 Å². The van der Waals surface area contributed by atoms with Gasteiger partial charge in [-0.05, 0) is 120 Å². The van der Waals surface area contributed by atoms with Gasteiger partial charge in [0.25, 0.3) is 0 Å². The number of rotatable bonds is 14. The Morgan fingerprint density at radius 2 is 0.970 bits per heavy atom. The van der Waals surface area contributed by atoms with Crippen molar-refractivity contribution >= 4 is 33.9 Å². The van der Waals surface area contributed by atoms with Crippen LogP contribution in [0.2, 0.25) is 0 Å². The Labute approximate surface area is 401 Å².